The van der Waals surface area contributed by atoms with Crippen LogP contribution < -0.4 is 4.72 Å². The van der Waals surface area contributed by atoms with Gasteiger partial charge in [-0.2, -0.15) is 0 Å². The van der Waals surface area contributed by atoms with Gasteiger partial charge in [0.15, 0.2) is 11.6 Å². The predicted molar refractivity (Wildman–Crippen MR) is 154 cm³/mol. The van der Waals surface area contributed by atoms with Crippen LogP contribution in [0.4, 0.5) is 0 Å². The lowest BCUT2D eigenvalue weighted by atomic mass is 9.81. The number of hydrogen-bond acceptors (Lipinski definition) is 4. The molecule has 4 aromatic carbocycles. The maximum Gasteiger partial charge on any atom is 0.241 e. The molecule has 7 heteroatoms. The molecule has 0 aliphatic heterocycles. The molecule has 0 saturated heterocycles. The first-order chi connectivity index (χ1) is 18.7. The average Bonchev–Trinajstić information content (AvgIpc) is 2.95. The fourth-order valence-corrected chi connectivity index (χ4v) is 5.73. The number of aryl methyl sites for hydroxylation is 1. The standard InChI is InChI=1S/C32H28ClNO4S/c1-22-13-19-28(20-14-22)39(37,38)34-30(24-15-17-27(33)18-16-24)29(32(36)26-11-7-4-8-12-26)21-23(2)31(35)25-9-5-3-6-10-25/h3-20,29-30,34H,2,21H2,1H3/t29-,30+/m0/s1. The summed E-state index contributed by atoms with van der Waals surface area (Å²) in [4.78, 5) is 27.3. The molecular weight excluding hydrogens is 530 g/mol. The van der Waals surface area contributed by atoms with Crippen LogP contribution in [0, 0.1) is 12.8 Å². The lowest BCUT2D eigenvalue weighted by Crippen LogP contribution is -2.37. The molecule has 0 aromatic heterocycles. The van der Waals surface area contributed by atoms with Crippen molar-refractivity contribution in [3.63, 3.8) is 0 Å². The van der Waals surface area contributed by atoms with E-state index >= 15 is 0 Å². The van der Waals surface area contributed by atoms with E-state index in [9.17, 15) is 18.0 Å². The Bertz CT molecular complexity index is 1570. The number of Topliss-reactive ketones (excluding diaryl/α,β-unsaturated/α-hetero) is 2. The fourth-order valence-electron chi connectivity index (χ4n) is 4.34. The molecule has 0 heterocycles. The molecule has 5 nitrogen and oxygen atoms in total. The number of hydrogen-bond donors (Lipinski definition) is 1. The largest absolute Gasteiger partial charge is 0.294 e. The molecule has 198 valence electrons. The summed E-state index contributed by atoms with van der Waals surface area (Å²) in [7, 11) is -4.05. The van der Waals surface area contributed by atoms with Crippen molar-refractivity contribution in [2.45, 2.75) is 24.3 Å². The van der Waals surface area contributed by atoms with Crippen molar-refractivity contribution in [1.82, 2.24) is 4.72 Å². The van der Waals surface area contributed by atoms with E-state index in [4.69, 9.17) is 11.6 Å². The van der Waals surface area contributed by atoms with Gasteiger partial charge in [-0.05, 0) is 48.7 Å². The van der Waals surface area contributed by atoms with Crippen LogP contribution >= 0.6 is 11.6 Å². The molecular formula is C32H28ClNO4S. The lowest BCUT2D eigenvalue weighted by Gasteiger charge is -2.28. The molecule has 2 atom stereocenters. The Labute approximate surface area is 234 Å². The van der Waals surface area contributed by atoms with Crippen LogP contribution in [0.25, 0.3) is 0 Å². The van der Waals surface area contributed by atoms with E-state index < -0.39 is 22.0 Å². The molecule has 1 N–H and O–H groups in total. The van der Waals surface area contributed by atoms with Gasteiger partial charge < -0.3 is 0 Å². The second kappa shape index (κ2) is 12.3. The highest BCUT2D eigenvalue weighted by Gasteiger charge is 2.35. The third-order valence-electron chi connectivity index (χ3n) is 6.46. The minimum absolute atomic E-state index is 0.0643. The van der Waals surface area contributed by atoms with Crippen molar-refractivity contribution in [2.75, 3.05) is 0 Å². The second-order valence-electron chi connectivity index (χ2n) is 9.30. The first-order valence-electron chi connectivity index (χ1n) is 12.4. The van der Waals surface area contributed by atoms with Gasteiger partial charge in [-0.25, -0.2) is 13.1 Å². The Morgan fingerprint density at radius 1 is 0.795 bits per heavy atom. The zero-order valence-corrected chi connectivity index (χ0v) is 23.0. The van der Waals surface area contributed by atoms with Gasteiger partial charge in [0, 0.05) is 22.1 Å². The first kappa shape index (κ1) is 28.2. The van der Waals surface area contributed by atoms with E-state index in [0.29, 0.717) is 21.7 Å². The summed E-state index contributed by atoms with van der Waals surface area (Å²) >= 11 is 6.13. The zero-order chi connectivity index (χ0) is 28.0. The summed E-state index contributed by atoms with van der Waals surface area (Å²) in [6.07, 6.45) is -0.0643. The van der Waals surface area contributed by atoms with Gasteiger partial charge >= 0.3 is 0 Å². The Morgan fingerprint density at radius 3 is 1.90 bits per heavy atom. The van der Waals surface area contributed by atoms with Crippen molar-refractivity contribution >= 4 is 33.2 Å². The highest BCUT2D eigenvalue weighted by molar-refractivity contribution is 7.89. The number of sulfonamides is 1. The molecule has 0 aliphatic rings. The molecule has 0 bridgehead atoms. The SMILES string of the molecule is C=C(C[C@H](C(=O)c1ccccc1)[C@H](NS(=O)(=O)c1ccc(C)cc1)c1ccc(Cl)cc1)C(=O)c1ccccc1. The molecule has 39 heavy (non-hydrogen) atoms. The molecule has 0 aliphatic carbocycles. The van der Waals surface area contributed by atoms with Crippen LogP contribution in [0.3, 0.4) is 0 Å². The molecule has 0 spiro atoms. The number of carbonyl (C=O) groups is 2. The van der Waals surface area contributed by atoms with E-state index in [1.54, 1.807) is 97.1 Å². The molecule has 0 amide bonds. The smallest absolute Gasteiger partial charge is 0.241 e. The Hall–Kier alpha value is -3.84. The van der Waals surface area contributed by atoms with E-state index in [1.165, 1.54) is 12.1 Å². The molecule has 0 radical (unpaired) electrons. The molecule has 0 saturated carbocycles. The summed E-state index contributed by atoms with van der Waals surface area (Å²) in [6, 6.07) is 29.3. The molecule has 4 rings (SSSR count). The lowest BCUT2D eigenvalue weighted by molar-refractivity contribution is 0.0891. The maximum absolute atomic E-state index is 14.0. The highest BCUT2D eigenvalue weighted by atomic mass is 35.5. The quantitative estimate of drug-likeness (QED) is 0.159. The van der Waals surface area contributed by atoms with E-state index in [0.717, 1.165) is 5.56 Å². The van der Waals surface area contributed by atoms with Crippen LogP contribution in [-0.4, -0.2) is 20.0 Å². The first-order valence-corrected chi connectivity index (χ1v) is 14.2. The number of halogens is 1. The number of ketones is 2. The Kier molecular flexibility index (Phi) is 8.92. The van der Waals surface area contributed by atoms with Gasteiger partial charge in [-0.3, -0.25) is 9.59 Å². The normalized spacial score (nSPS) is 12.9. The monoisotopic (exact) mass is 557 g/mol. The van der Waals surface area contributed by atoms with Gasteiger partial charge in [-0.15, -0.1) is 0 Å². The van der Waals surface area contributed by atoms with E-state index in [-0.39, 0.29) is 28.5 Å². The van der Waals surface area contributed by atoms with Gasteiger partial charge in [0.2, 0.25) is 10.0 Å². The van der Waals surface area contributed by atoms with Gasteiger partial charge in [0.05, 0.1) is 10.9 Å². The van der Waals surface area contributed by atoms with Crippen LogP contribution in [0.15, 0.2) is 126 Å². The van der Waals surface area contributed by atoms with Crippen molar-refractivity contribution in [2.24, 2.45) is 5.92 Å². The van der Waals surface area contributed by atoms with E-state index in [2.05, 4.69) is 11.3 Å². The van der Waals surface area contributed by atoms with Crippen molar-refractivity contribution in [1.29, 1.82) is 0 Å². The van der Waals surface area contributed by atoms with Crippen LogP contribution in [0.2, 0.25) is 5.02 Å². The average molecular weight is 558 g/mol. The highest BCUT2D eigenvalue weighted by Crippen LogP contribution is 2.33. The molecule has 0 fully saturated rings. The predicted octanol–water partition coefficient (Wildman–Crippen LogP) is 7.00. The van der Waals surface area contributed by atoms with E-state index in [1.807, 2.05) is 6.92 Å². The second-order valence-corrected chi connectivity index (χ2v) is 11.5. The molecule has 0 unspecified atom stereocenters. The van der Waals surface area contributed by atoms with Crippen LogP contribution in [0.1, 0.15) is 44.3 Å². The molecule has 4 aromatic rings. The van der Waals surface area contributed by atoms with Crippen LogP contribution in [-0.2, 0) is 10.0 Å². The number of carbonyl (C=O) groups excluding carboxylic acids is 2. The van der Waals surface area contributed by atoms with Crippen LogP contribution in [0.5, 0.6) is 0 Å². The summed E-state index contributed by atoms with van der Waals surface area (Å²) in [5.74, 6) is -1.60. The van der Waals surface area contributed by atoms with Gasteiger partial charge in [0.25, 0.3) is 0 Å². The number of nitrogens with one attached hydrogen (secondary N) is 1. The van der Waals surface area contributed by atoms with Crippen molar-refractivity contribution in [3.8, 4) is 0 Å². The number of allylic oxidation sites excluding steroid dienone is 1. The fraction of sp³-hybridized carbons (Fsp3) is 0.125. The number of rotatable bonds is 11. The topological polar surface area (TPSA) is 80.3 Å². The third kappa shape index (κ3) is 6.98. The van der Waals surface area contributed by atoms with Gasteiger partial charge in [-0.1, -0.05) is 109 Å². The minimum Gasteiger partial charge on any atom is -0.294 e. The number of benzene rings is 4. The minimum atomic E-state index is -4.05. The van der Waals surface area contributed by atoms with Crippen molar-refractivity contribution in [3.05, 3.63) is 149 Å². The Balaban J connectivity index is 1.79. The zero-order valence-electron chi connectivity index (χ0n) is 21.4. The summed E-state index contributed by atoms with van der Waals surface area (Å²) in [5.41, 5.74) is 2.48. The summed E-state index contributed by atoms with van der Waals surface area (Å²) < 4.78 is 29.9. The van der Waals surface area contributed by atoms with Gasteiger partial charge in [0.1, 0.15) is 0 Å². The van der Waals surface area contributed by atoms with Crippen molar-refractivity contribution < 1.29 is 18.0 Å². The third-order valence-corrected chi connectivity index (χ3v) is 8.17. The maximum atomic E-state index is 14.0. The summed E-state index contributed by atoms with van der Waals surface area (Å²) in [5, 5.41) is 0.466. The summed E-state index contributed by atoms with van der Waals surface area (Å²) in [6.45, 7) is 5.87. The Morgan fingerprint density at radius 2 is 1.33 bits per heavy atom.